The van der Waals surface area contributed by atoms with Gasteiger partial charge in [0.15, 0.2) is 0 Å². The summed E-state index contributed by atoms with van der Waals surface area (Å²) in [6.07, 6.45) is 13.5. The summed E-state index contributed by atoms with van der Waals surface area (Å²) in [4.78, 5) is 12.9. The summed E-state index contributed by atoms with van der Waals surface area (Å²) in [5.74, 6) is -0.285. The minimum atomic E-state index is -4.01. The van der Waals surface area contributed by atoms with Crippen molar-refractivity contribution in [2.45, 2.75) is 95.9 Å². The van der Waals surface area contributed by atoms with E-state index >= 15 is 0 Å². The fraction of sp³-hybridized carbons (Fsp3) is 0.500. The molecule has 7 nitrogen and oxygen atoms in total. The topological polar surface area (TPSA) is 107 Å². The number of primary sulfonamides is 1. The number of hydrogen-bond acceptors (Lipinski definition) is 4. The van der Waals surface area contributed by atoms with Crippen LogP contribution in [0.25, 0.3) is 10.9 Å². The van der Waals surface area contributed by atoms with Crippen LogP contribution < -0.4 is 10.5 Å². The number of aromatic nitrogens is 2. The number of hydrogen-bond donors (Lipinski definition) is 2. The largest absolute Gasteiger partial charge is 0.326 e. The number of nitrogens with two attached hydrogens (primary N) is 1. The molecule has 1 heterocycles. The number of halogens is 1. The molecule has 1 amide bonds. The number of sulfonamides is 1. The number of nitrogens with one attached hydrogen (secondary N) is 1. The van der Waals surface area contributed by atoms with Gasteiger partial charge in [-0.05, 0) is 48.6 Å². The number of anilines is 1. The average molecular weight is 547 g/mol. The first-order chi connectivity index (χ1) is 17.7. The van der Waals surface area contributed by atoms with Crippen molar-refractivity contribution in [2.24, 2.45) is 5.14 Å². The summed E-state index contributed by atoms with van der Waals surface area (Å²) in [6.45, 7) is 4.86. The smallest absolute Gasteiger partial charge is 0.238 e. The van der Waals surface area contributed by atoms with Crippen LogP contribution >= 0.6 is 11.6 Å². The number of carbonyl (C=O) groups excluding carboxylic acids is 1. The Morgan fingerprint density at radius 1 is 1.00 bits per heavy atom. The number of amides is 1. The highest BCUT2D eigenvalue weighted by Gasteiger charge is 2.19. The summed E-state index contributed by atoms with van der Waals surface area (Å²) in [7, 11) is -4.01. The molecule has 0 spiro atoms. The van der Waals surface area contributed by atoms with Crippen molar-refractivity contribution >= 4 is 44.1 Å². The second-order valence-corrected chi connectivity index (χ2v) is 11.6. The molecule has 3 aromatic rings. The maximum absolute atomic E-state index is 12.9. The van der Waals surface area contributed by atoms with Crippen LogP contribution in [0.2, 0.25) is 5.02 Å². The van der Waals surface area contributed by atoms with Crippen molar-refractivity contribution in [1.82, 2.24) is 9.78 Å². The van der Waals surface area contributed by atoms with Gasteiger partial charge in [-0.15, -0.1) is 0 Å². The highest BCUT2D eigenvalue weighted by Crippen LogP contribution is 2.28. The van der Waals surface area contributed by atoms with Crippen LogP contribution in [0, 0.1) is 0 Å². The summed E-state index contributed by atoms with van der Waals surface area (Å²) in [6, 6.07) is 8.97. The summed E-state index contributed by atoms with van der Waals surface area (Å²) in [5, 5.41) is 13.5. The van der Waals surface area contributed by atoms with Gasteiger partial charge in [-0.2, -0.15) is 5.10 Å². The number of rotatable bonds is 15. The Morgan fingerprint density at radius 3 is 2.38 bits per heavy atom. The fourth-order valence-electron chi connectivity index (χ4n) is 4.60. The molecule has 3 N–H and O–H groups in total. The Hall–Kier alpha value is -2.42. The second-order valence-electron chi connectivity index (χ2n) is 9.70. The van der Waals surface area contributed by atoms with Gasteiger partial charge < -0.3 is 5.32 Å². The van der Waals surface area contributed by atoms with E-state index in [-0.39, 0.29) is 17.2 Å². The minimum absolute atomic E-state index is 0.0620. The Balaban J connectivity index is 1.65. The molecule has 0 radical (unpaired) electrons. The molecule has 0 saturated carbocycles. The molecule has 0 unspecified atom stereocenters. The molecule has 2 aromatic carbocycles. The highest BCUT2D eigenvalue weighted by molar-refractivity contribution is 7.89. The van der Waals surface area contributed by atoms with Crippen molar-refractivity contribution in [3.8, 4) is 0 Å². The standard InChI is InChI=1S/C28H39ClN4O3S/c1-3-5-6-7-8-9-10-11-12-21-13-14-25(29)22(16-21)17-28(34)32-23-18-26-24(20-31-33(26)15-4-2)27(19-23)37(30,35)36/h13-14,16,18-20H,3-12,15,17H2,1-2H3,(H,32,34)(H2,30,35,36). The number of carbonyl (C=O) groups is 1. The number of fused-ring (bicyclic) bond motifs is 1. The lowest BCUT2D eigenvalue weighted by atomic mass is 10.0. The number of aryl methyl sites for hydroxylation is 2. The number of nitrogens with zero attached hydrogens (tertiary/aromatic N) is 2. The highest BCUT2D eigenvalue weighted by atomic mass is 35.5. The van der Waals surface area contributed by atoms with E-state index in [1.807, 2.05) is 25.1 Å². The molecule has 9 heteroatoms. The maximum Gasteiger partial charge on any atom is 0.238 e. The molecule has 0 saturated heterocycles. The maximum atomic E-state index is 12.9. The monoisotopic (exact) mass is 546 g/mol. The molecule has 1 aromatic heterocycles. The van der Waals surface area contributed by atoms with Crippen LogP contribution in [0.4, 0.5) is 5.69 Å². The molecule has 202 valence electrons. The van der Waals surface area contributed by atoms with Gasteiger partial charge in [0, 0.05) is 22.6 Å². The summed E-state index contributed by atoms with van der Waals surface area (Å²) >= 11 is 6.40. The molecule has 0 atom stereocenters. The first-order valence-electron chi connectivity index (χ1n) is 13.3. The number of unbranched alkanes of at least 4 members (excludes halogenated alkanes) is 7. The van der Waals surface area contributed by atoms with Gasteiger partial charge in [0.2, 0.25) is 15.9 Å². The fourth-order valence-corrected chi connectivity index (χ4v) is 5.54. The van der Waals surface area contributed by atoms with Crippen LogP contribution in [-0.2, 0) is 34.2 Å². The zero-order valence-electron chi connectivity index (χ0n) is 21.9. The van der Waals surface area contributed by atoms with Gasteiger partial charge in [0.1, 0.15) is 0 Å². The summed E-state index contributed by atoms with van der Waals surface area (Å²) in [5.41, 5.74) is 2.87. The Bertz CT molecular complexity index is 1300. The SMILES string of the molecule is CCCCCCCCCCc1ccc(Cl)c(CC(=O)Nc2cc(S(N)(=O)=O)c3cnn(CCC)c3c2)c1. The van der Waals surface area contributed by atoms with E-state index in [9.17, 15) is 13.2 Å². The Morgan fingerprint density at radius 2 is 1.70 bits per heavy atom. The summed E-state index contributed by atoms with van der Waals surface area (Å²) < 4.78 is 26.2. The van der Waals surface area contributed by atoms with E-state index in [2.05, 4.69) is 17.3 Å². The normalized spacial score (nSPS) is 11.8. The van der Waals surface area contributed by atoms with Gasteiger partial charge in [0.05, 0.1) is 23.0 Å². The van der Waals surface area contributed by atoms with Crippen molar-refractivity contribution in [1.29, 1.82) is 0 Å². The van der Waals surface area contributed by atoms with Crippen LogP contribution in [0.3, 0.4) is 0 Å². The van der Waals surface area contributed by atoms with Crippen molar-refractivity contribution in [3.05, 3.63) is 52.7 Å². The lowest BCUT2D eigenvalue weighted by molar-refractivity contribution is -0.115. The predicted octanol–water partition coefficient (Wildman–Crippen LogP) is 6.61. The molecule has 0 aliphatic rings. The van der Waals surface area contributed by atoms with Crippen LogP contribution in [0.5, 0.6) is 0 Å². The van der Waals surface area contributed by atoms with E-state index in [1.54, 1.807) is 10.7 Å². The number of benzene rings is 2. The van der Waals surface area contributed by atoms with Crippen LogP contribution in [0.15, 0.2) is 41.4 Å². The van der Waals surface area contributed by atoms with Crippen LogP contribution in [-0.4, -0.2) is 24.1 Å². The van der Waals surface area contributed by atoms with E-state index in [0.29, 0.717) is 28.2 Å². The molecule has 3 rings (SSSR count). The van der Waals surface area contributed by atoms with Gasteiger partial charge in [0.25, 0.3) is 0 Å². The lowest BCUT2D eigenvalue weighted by Gasteiger charge is -2.11. The molecule has 0 bridgehead atoms. The van der Waals surface area contributed by atoms with Gasteiger partial charge in [-0.1, -0.05) is 82.5 Å². The first kappa shape index (κ1) is 29.1. The van der Waals surface area contributed by atoms with E-state index in [4.69, 9.17) is 16.7 Å². The molecule has 0 aliphatic carbocycles. The van der Waals surface area contributed by atoms with Crippen molar-refractivity contribution in [3.63, 3.8) is 0 Å². The first-order valence-corrected chi connectivity index (χ1v) is 15.2. The third-order valence-electron chi connectivity index (χ3n) is 6.53. The molecule has 37 heavy (non-hydrogen) atoms. The quantitative estimate of drug-likeness (QED) is 0.209. The van der Waals surface area contributed by atoms with E-state index < -0.39 is 10.0 Å². The van der Waals surface area contributed by atoms with E-state index in [1.165, 1.54) is 62.8 Å². The molecular formula is C28H39ClN4O3S. The molecule has 0 aliphatic heterocycles. The minimum Gasteiger partial charge on any atom is -0.326 e. The van der Waals surface area contributed by atoms with Gasteiger partial charge in [-0.3, -0.25) is 9.48 Å². The average Bonchev–Trinajstić information content (AvgIpc) is 3.24. The Kier molecular flexibility index (Phi) is 11.0. The lowest BCUT2D eigenvalue weighted by Crippen LogP contribution is -2.17. The van der Waals surface area contributed by atoms with Gasteiger partial charge in [-0.25, -0.2) is 13.6 Å². The zero-order chi connectivity index (χ0) is 26.8. The van der Waals surface area contributed by atoms with Crippen LogP contribution in [0.1, 0.15) is 82.8 Å². The molecular weight excluding hydrogens is 508 g/mol. The van der Waals surface area contributed by atoms with Crippen molar-refractivity contribution in [2.75, 3.05) is 5.32 Å². The third kappa shape index (κ3) is 8.55. The van der Waals surface area contributed by atoms with Crippen molar-refractivity contribution < 1.29 is 13.2 Å². The van der Waals surface area contributed by atoms with Gasteiger partial charge >= 0.3 is 0 Å². The van der Waals surface area contributed by atoms with E-state index in [0.717, 1.165) is 24.8 Å². The Labute approximate surface area is 225 Å². The zero-order valence-corrected chi connectivity index (χ0v) is 23.5. The second kappa shape index (κ2) is 13.9. The predicted molar refractivity (Wildman–Crippen MR) is 151 cm³/mol. The third-order valence-corrected chi connectivity index (χ3v) is 7.85. The molecule has 0 fully saturated rings.